The highest BCUT2D eigenvalue weighted by atomic mass is 79.9. The number of hydrogen-bond acceptors (Lipinski definition) is 6. The molecule has 0 radical (unpaired) electrons. The largest absolute Gasteiger partial charge is 0.467 e. The molecule has 0 spiro atoms. The number of anilines is 1. The van der Waals surface area contributed by atoms with Crippen LogP contribution in [0.4, 0.5) is 11.4 Å². The van der Waals surface area contributed by atoms with Crippen molar-refractivity contribution in [2.24, 2.45) is 5.16 Å². The monoisotopic (exact) mass is 429 g/mol. The van der Waals surface area contributed by atoms with E-state index in [0.29, 0.717) is 23.6 Å². The van der Waals surface area contributed by atoms with Gasteiger partial charge < -0.3 is 14.9 Å². The summed E-state index contributed by atoms with van der Waals surface area (Å²) >= 11 is 3.38. The van der Waals surface area contributed by atoms with Gasteiger partial charge >= 0.3 is 0 Å². The summed E-state index contributed by atoms with van der Waals surface area (Å²) in [4.78, 5) is 10.4. The second-order valence-electron chi connectivity index (χ2n) is 5.77. The van der Waals surface area contributed by atoms with Gasteiger partial charge in [-0.3, -0.25) is 10.1 Å². The van der Waals surface area contributed by atoms with Gasteiger partial charge in [0.05, 0.1) is 22.9 Å². The van der Waals surface area contributed by atoms with Gasteiger partial charge in [-0.15, -0.1) is 0 Å². The Morgan fingerprint density at radius 1 is 1.19 bits per heavy atom. The second kappa shape index (κ2) is 8.50. The quantitative estimate of drug-likeness (QED) is 0.227. The number of nitro groups is 1. The molecule has 27 heavy (non-hydrogen) atoms. The van der Waals surface area contributed by atoms with Gasteiger partial charge in [-0.1, -0.05) is 33.2 Å². The van der Waals surface area contributed by atoms with E-state index in [1.807, 2.05) is 30.3 Å². The summed E-state index contributed by atoms with van der Waals surface area (Å²) in [5.74, 6) is 0.659. The predicted octanol–water partition coefficient (Wildman–Crippen LogP) is 5.37. The summed E-state index contributed by atoms with van der Waals surface area (Å²) in [6, 6.07) is 16.8. The summed E-state index contributed by atoms with van der Waals surface area (Å²) in [6.07, 6.45) is 1.91. The molecular formula is C19H16BrN3O4. The van der Waals surface area contributed by atoms with Crippen LogP contribution in [-0.2, 0) is 0 Å². The molecule has 0 fully saturated rings. The lowest BCUT2D eigenvalue weighted by molar-refractivity contribution is -0.384. The topological polar surface area (TPSA) is 101 Å². The van der Waals surface area contributed by atoms with Crippen LogP contribution in [0.5, 0.6) is 0 Å². The Bertz CT molecular complexity index is 923. The van der Waals surface area contributed by atoms with Crippen LogP contribution in [0.15, 0.2) is 81.0 Å². The fourth-order valence-electron chi connectivity index (χ4n) is 2.64. The molecule has 2 N–H and O–H groups in total. The van der Waals surface area contributed by atoms with E-state index in [1.54, 1.807) is 24.5 Å². The van der Waals surface area contributed by atoms with E-state index in [0.717, 1.165) is 10.0 Å². The third-order valence-electron chi connectivity index (χ3n) is 4.00. The van der Waals surface area contributed by atoms with Crippen LogP contribution in [0.1, 0.15) is 23.8 Å². The first-order chi connectivity index (χ1) is 13.1. The summed E-state index contributed by atoms with van der Waals surface area (Å²) in [7, 11) is 0. The van der Waals surface area contributed by atoms with Gasteiger partial charge in [0.15, 0.2) is 0 Å². The molecule has 0 aliphatic rings. The third kappa shape index (κ3) is 4.73. The van der Waals surface area contributed by atoms with Crippen molar-refractivity contribution in [3.8, 4) is 0 Å². The molecule has 1 atom stereocenters. The van der Waals surface area contributed by atoms with E-state index in [1.165, 1.54) is 12.1 Å². The number of furan rings is 1. The molecule has 0 saturated heterocycles. The SMILES string of the molecule is O=[N+]([O-])c1ccc(NC(CC(=NO)c2ccc(Br)cc2)c2ccco2)cc1. The third-order valence-corrected chi connectivity index (χ3v) is 4.53. The number of non-ortho nitro benzene ring substituents is 1. The van der Waals surface area contributed by atoms with Crippen LogP contribution in [0.25, 0.3) is 0 Å². The Labute approximate surface area is 163 Å². The second-order valence-corrected chi connectivity index (χ2v) is 6.69. The molecule has 3 rings (SSSR count). The minimum Gasteiger partial charge on any atom is -0.467 e. The maximum absolute atomic E-state index is 10.8. The van der Waals surface area contributed by atoms with Crippen LogP contribution in [0.2, 0.25) is 0 Å². The number of nitrogens with zero attached hydrogens (tertiary/aromatic N) is 2. The molecule has 0 aliphatic heterocycles. The molecule has 7 nitrogen and oxygen atoms in total. The normalized spacial score (nSPS) is 12.6. The number of oxime groups is 1. The highest BCUT2D eigenvalue weighted by molar-refractivity contribution is 9.10. The van der Waals surface area contributed by atoms with Crippen molar-refractivity contribution >= 4 is 33.0 Å². The van der Waals surface area contributed by atoms with Crippen LogP contribution >= 0.6 is 15.9 Å². The van der Waals surface area contributed by atoms with Gasteiger partial charge in [-0.2, -0.15) is 0 Å². The van der Waals surface area contributed by atoms with E-state index in [-0.39, 0.29) is 11.7 Å². The average molecular weight is 430 g/mol. The molecule has 0 amide bonds. The lowest BCUT2D eigenvalue weighted by atomic mass is 10.0. The molecule has 1 heterocycles. The molecular weight excluding hydrogens is 414 g/mol. The van der Waals surface area contributed by atoms with E-state index in [9.17, 15) is 15.3 Å². The minimum absolute atomic E-state index is 0.0163. The van der Waals surface area contributed by atoms with Crippen molar-refractivity contribution in [2.75, 3.05) is 5.32 Å². The molecule has 0 saturated carbocycles. The first-order valence-corrected chi connectivity index (χ1v) is 8.87. The molecule has 1 unspecified atom stereocenters. The molecule has 8 heteroatoms. The molecule has 138 valence electrons. The Kier molecular flexibility index (Phi) is 5.87. The summed E-state index contributed by atoms with van der Waals surface area (Å²) < 4.78 is 6.44. The van der Waals surface area contributed by atoms with Gasteiger partial charge in [0.1, 0.15) is 5.76 Å². The Balaban J connectivity index is 1.83. The molecule has 2 aromatic carbocycles. The average Bonchev–Trinajstić information content (AvgIpc) is 3.21. The maximum atomic E-state index is 10.8. The number of rotatable bonds is 7. The number of hydrogen-bond donors (Lipinski definition) is 2. The smallest absolute Gasteiger partial charge is 0.269 e. The van der Waals surface area contributed by atoms with Gasteiger partial charge in [0.2, 0.25) is 0 Å². The summed E-state index contributed by atoms with van der Waals surface area (Å²) in [5, 5.41) is 27.0. The number of benzene rings is 2. The highest BCUT2D eigenvalue weighted by Crippen LogP contribution is 2.27. The predicted molar refractivity (Wildman–Crippen MR) is 105 cm³/mol. The van der Waals surface area contributed by atoms with Gasteiger partial charge in [-0.05, 0) is 42.0 Å². The van der Waals surface area contributed by atoms with Crippen LogP contribution in [-0.4, -0.2) is 15.8 Å². The van der Waals surface area contributed by atoms with Gasteiger partial charge in [0, 0.05) is 28.7 Å². The van der Waals surface area contributed by atoms with Crippen LogP contribution in [0, 0.1) is 10.1 Å². The Hall–Kier alpha value is -3.13. The molecule has 0 aliphatic carbocycles. The lowest BCUT2D eigenvalue weighted by Crippen LogP contribution is -2.16. The van der Waals surface area contributed by atoms with E-state index < -0.39 is 4.92 Å². The fourth-order valence-corrected chi connectivity index (χ4v) is 2.91. The van der Waals surface area contributed by atoms with Crippen LogP contribution in [0.3, 0.4) is 0 Å². The number of nitrogens with one attached hydrogen (secondary N) is 1. The lowest BCUT2D eigenvalue weighted by Gasteiger charge is -2.18. The molecule has 3 aromatic rings. The van der Waals surface area contributed by atoms with E-state index in [4.69, 9.17) is 4.42 Å². The van der Waals surface area contributed by atoms with Crippen molar-refractivity contribution in [3.63, 3.8) is 0 Å². The minimum atomic E-state index is -0.447. The number of halogens is 1. The maximum Gasteiger partial charge on any atom is 0.269 e. The van der Waals surface area contributed by atoms with Crippen molar-refractivity contribution in [1.82, 2.24) is 0 Å². The van der Waals surface area contributed by atoms with Crippen molar-refractivity contribution in [2.45, 2.75) is 12.5 Å². The van der Waals surface area contributed by atoms with Crippen molar-refractivity contribution in [1.29, 1.82) is 0 Å². The molecule has 0 bridgehead atoms. The summed E-state index contributed by atoms with van der Waals surface area (Å²) in [6.45, 7) is 0. The first-order valence-electron chi connectivity index (χ1n) is 8.08. The van der Waals surface area contributed by atoms with E-state index >= 15 is 0 Å². The summed E-state index contributed by atoms with van der Waals surface area (Å²) in [5.41, 5.74) is 1.97. The zero-order chi connectivity index (χ0) is 19.2. The number of nitro benzene ring substituents is 1. The van der Waals surface area contributed by atoms with Gasteiger partial charge in [0.25, 0.3) is 5.69 Å². The van der Waals surface area contributed by atoms with Crippen LogP contribution < -0.4 is 5.32 Å². The van der Waals surface area contributed by atoms with Crippen molar-refractivity contribution in [3.05, 3.63) is 92.8 Å². The Morgan fingerprint density at radius 3 is 2.44 bits per heavy atom. The van der Waals surface area contributed by atoms with Gasteiger partial charge in [-0.25, -0.2) is 0 Å². The zero-order valence-electron chi connectivity index (χ0n) is 14.1. The first kappa shape index (κ1) is 18.7. The highest BCUT2D eigenvalue weighted by Gasteiger charge is 2.19. The standard InChI is InChI=1S/C19H16BrN3O4/c20-14-5-3-13(4-6-14)17(22-24)12-18(19-2-1-11-27-19)21-15-7-9-16(10-8-15)23(25)26/h1-11,18,21,24H,12H2. The van der Waals surface area contributed by atoms with Crippen molar-refractivity contribution < 1.29 is 14.5 Å². The molecule has 1 aromatic heterocycles. The zero-order valence-corrected chi connectivity index (χ0v) is 15.7. The van der Waals surface area contributed by atoms with E-state index in [2.05, 4.69) is 26.4 Å². The fraction of sp³-hybridized carbons (Fsp3) is 0.105. The Morgan fingerprint density at radius 2 is 1.89 bits per heavy atom.